The molecule has 82 valence electrons. The number of nitrogens with one attached hydrogen (secondary N) is 1. The molecular weight excluding hydrogens is 254 g/mol. The molecule has 0 aliphatic carbocycles. The highest BCUT2D eigenvalue weighted by Gasteiger charge is 2.34. The maximum Gasteiger partial charge on any atom is 0.120 e. The largest absolute Gasteiger partial charge is 0.508 e. The summed E-state index contributed by atoms with van der Waals surface area (Å²) in [5.74, 6) is 0.396. The summed E-state index contributed by atoms with van der Waals surface area (Å²) in [5, 5.41) is 13.5. The molecule has 15 heavy (non-hydrogen) atoms. The number of aromatic hydroxyl groups is 1. The molecule has 2 nitrogen and oxygen atoms in total. The predicted octanol–water partition coefficient (Wildman–Crippen LogP) is 3.06. The van der Waals surface area contributed by atoms with Crippen LogP contribution in [0.25, 0.3) is 0 Å². The van der Waals surface area contributed by atoms with E-state index in [1.165, 1.54) is 6.42 Å². The first-order chi connectivity index (χ1) is 7.04. The van der Waals surface area contributed by atoms with E-state index >= 15 is 0 Å². The summed E-state index contributed by atoms with van der Waals surface area (Å²) in [4.78, 5) is 0. The van der Waals surface area contributed by atoms with Crippen LogP contribution in [0.2, 0.25) is 0 Å². The van der Waals surface area contributed by atoms with Crippen LogP contribution < -0.4 is 5.32 Å². The van der Waals surface area contributed by atoms with Crippen molar-refractivity contribution in [1.29, 1.82) is 0 Å². The molecule has 0 radical (unpaired) electrons. The molecule has 3 heteroatoms. The van der Waals surface area contributed by atoms with E-state index < -0.39 is 0 Å². The number of hydrogen-bond donors (Lipinski definition) is 2. The predicted molar refractivity (Wildman–Crippen MR) is 65.1 cm³/mol. The number of rotatable bonds is 1. The van der Waals surface area contributed by atoms with Crippen molar-refractivity contribution in [2.45, 2.75) is 32.2 Å². The minimum atomic E-state index is -0.0715. The van der Waals surface area contributed by atoms with Gasteiger partial charge in [0.25, 0.3) is 0 Å². The molecule has 1 heterocycles. The van der Waals surface area contributed by atoms with Crippen molar-refractivity contribution in [3.05, 3.63) is 27.7 Å². The fourth-order valence-corrected chi connectivity index (χ4v) is 2.81. The van der Waals surface area contributed by atoms with Crippen LogP contribution in [0.3, 0.4) is 0 Å². The second kappa shape index (κ2) is 3.80. The van der Waals surface area contributed by atoms with Crippen LogP contribution in [0.4, 0.5) is 0 Å². The first kappa shape index (κ1) is 11.0. The van der Waals surface area contributed by atoms with E-state index in [0.717, 1.165) is 28.6 Å². The standard InChI is InChI=1S/C12H16BrNO/c1-8-9(13)4-5-10(15)11(8)12(2)6-3-7-14-12/h4-5,14-15H,3,6-7H2,1-2H3. The Labute approximate surface area is 98.8 Å². The van der Waals surface area contributed by atoms with E-state index in [9.17, 15) is 5.11 Å². The van der Waals surface area contributed by atoms with Crippen molar-refractivity contribution < 1.29 is 5.11 Å². The van der Waals surface area contributed by atoms with Gasteiger partial charge in [-0.05, 0) is 50.9 Å². The first-order valence-corrected chi connectivity index (χ1v) is 6.07. The molecule has 0 bridgehead atoms. The number of phenolic OH excluding ortho intramolecular Hbond substituents is 1. The number of benzene rings is 1. The van der Waals surface area contributed by atoms with Gasteiger partial charge in [0.15, 0.2) is 0 Å². The SMILES string of the molecule is Cc1c(Br)ccc(O)c1C1(C)CCCN1. The molecule has 2 rings (SSSR count). The summed E-state index contributed by atoms with van der Waals surface area (Å²) >= 11 is 3.51. The summed E-state index contributed by atoms with van der Waals surface area (Å²) < 4.78 is 1.06. The molecule has 1 aromatic rings. The van der Waals surface area contributed by atoms with Gasteiger partial charge in [-0.2, -0.15) is 0 Å². The van der Waals surface area contributed by atoms with Crippen LogP contribution >= 0.6 is 15.9 Å². The summed E-state index contributed by atoms with van der Waals surface area (Å²) in [6.07, 6.45) is 2.25. The minimum Gasteiger partial charge on any atom is -0.508 e. The molecule has 2 N–H and O–H groups in total. The normalized spacial score (nSPS) is 25.8. The molecule has 1 fully saturated rings. The van der Waals surface area contributed by atoms with Gasteiger partial charge in [0.1, 0.15) is 5.75 Å². The average Bonchev–Trinajstić information content (AvgIpc) is 2.60. The zero-order valence-electron chi connectivity index (χ0n) is 9.10. The number of hydrogen-bond acceptors (Lipinski definition) is 2. The van der Waals surface area contributed by atoms with E-state index in [1.807, 2.05) is 13.0 Å². The molecule has 1 saturated heterocycles. The topological polar surface area (TPSA) is 32.3 Å². The van der Waals surface area contributed by atoms with Crippen LogP contribution in [-0.4, -0.2) is 11.7 Å². The summed E-state index contributed by atoms with van der Waals surface area (Å²) in [5.41, 5.74) is 2.10. The highest BCUT2D eigenvalue weighted by atomic mass is 79.9. The second-order valence-corrected chi connectivity index (χ2v) is 5.28. The Morgan fingerprint density at radius 2 is 2.20 bits per heavy atom. The number of phenols is 1. The van der Waals surface area contributed by atoms with E-state index in [0.29, 0.717) is 5.75 Å². The van der Waals surface area contributed by atoms with Crippen molar-refractivity contribution in [2.24, 2.45) is 0 Å². The van der Waals surface area contributed by atoms with Gasteiger partial charge >= 0.3 is 0 Å². The Bertz CT molecular complexity index is 383. The van der Waals surface area contributed by atoms with Crippen molar-refractivity contribution in [2.75, 3.05) is 6.54 Å². The lowest BCUT2D eigenvalue weighted by atomic mass is 9.86. The highest BCUT2D eigenvalue weighted by Crippen LogP contribution is 2.40. The van der Waals surface area contributed by atoms with Crippen LogP contribution in [0.5, 0.6) is 5.75 Å². The number of halogens is 1. The lowest BCUT2D eigenvalue weighted by Crippen LogP contribution is -2.34. The Hall–Kier alpha value is -0.540. The maximum absolute atomic E-state index is 9.98. The van der Waals surface area contributed by atoms with Gasteiger partial charge in [0, 0.05) is 15.6 Å². The molecule has 1 atom stereocenters. The zero-order valence-corrected chi connectivity index (χ0v) is 10.7. The smallest absolute Gasteiger partial charge is 0.120 e. The van der Waals surface area contributed by atoms with Gasteiger partial charge in [-0.15, -0.1) is 0 Å². The second-order valence-electron chi connectivity index (χ2n) is 4.43. The van der Waals surface area contributed by atoms with Gasteiger partial charge in [-0.3, -0.25) is 0 Å². The lowest BCUT2D eigenvalue weighted by Gasteiger charge is -2.28. The van der Waals surface area contributed by atoms with Crippen molar-refractivity contribution in [3.8, 4) is 5.75 Å². The third kappa shape index (κ3) is 1.79. The van der Waals surface area contributed by atoms with Gasteiger partial charge in [0.05, 0.1) is 0 Å². The molecule has 0 saturated carbocycles. The molecule has 1 aliphatic heterocycles. The Balaban J connectivity index is 2.55. The van der Waals surface area contributed by atoms with Crippen molar-refractivity contribution in [1.82, 2.24) is 5.32 Å². The molecule has 1 aromatic carbocycles. The molecule has 0 amide bonds. The van der Waals surface area contributed by atoms with Crippen LogP contribution in [0, 0.1) is 6.92 Å². The fourth-order valence-electron chi connectivity index (χ4n) is 2.48. The highest BCUT2D eigenvalue weighted by molar-refractivity contribution is 9.10. The summed E-state index contributed by atoms with van der Waals surface area (Å²) in [6, 6.07) is 3.66. The molecule has 0 spiro atoms. The van der Waals surface area contributed by atoms with Crippen LogP contribution in [0.15, 0.2) is 16.6 Å². The van der Waals surface area contributed by atoms with E-state index in [4.69, 9.17) is 0 Å². The summed E-state index contributed by atoms with van der Waals surface area (Å²) in [7, 11) is 0. The summed E-state index contributed by atoms with van der Waals surface area (Å²) in [6.45, 7) is 5.24. The van der Waals surface area contributed by atoms with Crippen molar-refractivity contribution >= 4 is 15.9 Å². The molecule has 0 aromatic heterocycles. The monoisotopic (exact) mass is 269 g/mol. The van der Waals surface area contributed by atoms with E-state index in [-0.39, 0.29) is 5.54 Å². The fraction of sp³-hybridized carbons (Fsp3) is 0.500. The molecular formula is C12H16BrNO. The Kier molecular flexibility index (Phi) is 2.77. The lowest BCUT2D eigenvalue weighted by molar-refractivity contribution is 0.392. The van der Waals surface area contributed by atoms with Gasteiger partial charge in [0.2, 0.25) is 0 Å². The van der Waals surface area contributed by atoms with Gasteiger partial charge < -0.3 is 10.4 Å². The van der Waals surface area contributed by atoms with Crippen molar-refractivity contribution in [3.63, 3.8) is 0 Å². The van der Waals surface area contributed by atoms with E-state index in [1.54, 1.807) is 6.07 Å². The average molecular weight is 270 g/mol. The molecule has 1 aliphatic rings. The first-order valence-electron chi connectivity index (χ1n) is 5.28. The Morgan fingerprint density at radius 3 is 2.80 bits per heavy atom. The molecule has 1 unspecified atom stereocenters. The van der Waals surface area contributed by atoms with Crippen LogP contribution in [-0.2, 0) is 5.54 Å². The van der Waals surface area contributed by atoms with Crippen LogP contribution in [0.1, 0.15) is 30.9 Å². The third-order valence-electron chi connectivity index (χ3n) is 3.30. The minimum absolute atomic E-state index is 0.0715. The van der Waals surface area contributed by atoms with Gasteiger partial charge in [-0.1, -0.05) is 15.9 Å². The van der Waals surface area contributed by atoms with Gasteiger partial charge in [-0.25, -0.2) is 0 Å². The maximum atomic E-state index is 9.98. The zero-order chi connectivity index (χ0) is 11.1. The van der Waals surface area contributed by atoms with E-state index in [2.05, 4.69) is 28.2 Å². The quantitative estimate of drug-likeness (QED) is 0.822. The Morgan fingerprint density at radius 1 is 1.47 bits per heavy atom. The third-order valence-corrected chi connectivity index (χ3v) is 4.16.